The number of hydrogen-bond donors (Lipinski definition) is 0. The third-order valence-corrected chi connectivity index (χ3v) is 12.3. The van der Waals surface area contributed by atoms with E-state index in [-0.39, 0.29) is 0 Å². The van der Waals surface area contributed by atoms with E-state index < -0.39 is 0 Å². The number of aryl methyl sites for hydroxylation is 1. The summed E-state index contributed by atoms with van der Waals surface area (Å²) in [5.74, 6) is 0.949. The van der Waals surface area contributed by atoms with Crippen LogP contribution in [0.25, 0.3) is 0 Å². The van der Waals surface area contributed by atoms with Crippen LogP contribution >= 0.6 is 16.8 Å². The molecule has 1 aliphatic heterocycles. The van der Waals surface area contributed by atoms with E-state index in [2.05, 4.69) is 41.4 Å². The van der Waals surface area contributed by atoms with Gasteiger partial charge in [0.2, 0.25) is 0 Å². The third-order valence-electron chi connectivity index (χ3n) is 3.73. The van der Waals surface area contributed by atoms with Gasteiger partial charge >= 0.3 is 132 Å². The van der Waals surface area contributed by atoms with Gasteiger partial charge in [0, 0.05) is 0 Å². The van der Waals surface area contributed by atoms with Crippen LogP contribution in [-0.4, -0.2) is 7.56 Å². The maximum absolute atomic E-state index is 4.64. The molecule has 2 atom stereocenters. The summed E-state index contributed by atoms with van der Waals surface area (Å²) in [5.41, 5.74) is 2.29. The Balaban J connectivity index is 1.63. The van der Waals surface area contributed by atoms with Gasteiger partial charge in [0.1, 0.15) is 0 Å². The molecule has 0 N–H and O–H groups in total. The van der Waals surface area contributed by atoms with Crippen molar-refractivity contribution in [3.05, 3.63) is 29.8 Å². The molecule has 4 heteroatoms. The molecule has 1 aliphatic carbocycles. The van der Waals surface area contributed by atoms with Crippen molar-refractivity contribution < 1.29 is 17.2 Å². The molecule has 0 aromatic heterocycles. The van der Waals surface area contributed by atoms with Crippen LogP contribution in [0, 0.1) is 12.8 Å². The standard InChI is InChI=1S/C15H19I2N2/c1-11-6-8-13(9-7-11)18-19-14-5-3-2-4-12(10-14)15-16-17-15/h6-9,12,14H,2-5,10H2,1H3/q-1. The number of azo groups is 1. The van der Waals surface area contributed by atoms with Gasteiger partial charge in [-0.15, -0.1) is 0 Å². The first kappa shape index (κ1) is 14.1. The minimum atomic E-state index is 0.481. The topological polar surface area (TPSA) is 24.7 Å². The van der Waals surface area contributed by atoms with Crippen molar-refractivity contribution in [2.45, 2.75) is 45.1 Å². The van der Waals surface area contributed by atoms with Gasteiger partial charge in [-0.2, -0.15) is 0 Å². The van der Waals surface area contributed by atoms with E-state index >= 15 is 0 Å². The molecule has 3 rings (SSSR count). The number of rotatable bonds is 3. The monoisotopic (exact) mass is 481 g/mol. The van der Waals surface area contributed by atoms with E-state index in [1.807, 2.05) is 1.52 Å². The van der Waals surface area contributed by atoms with Crippen LogP contribution in [0.5, 0.6) is 0 Å². The van der Waals surface area contributed by atoms with Crippen LogP contribution in [0.4, 0.5) is 5.69 Å². The Morgan fingerprint density at radius 1 is 1.16 bits per heavy atom. The van der Waals surface area contributed by atoms with Gasteiger partial charge in [-0.25, -0.2) is 0 Å². The van der Waals surface area contributed by atoms with Crippen LogP contribution < -0.4 is 17.2 Å². The Kier molecular flexibility index (Phi) is 5.00. The molecule has 1 fully saturated rings. The molecule has 2 nitrogen and oxygen atoms in total. The van der Waals surface area contributed by atoms with E-state index in [4.69, 9.17) is 0 Å². The summed E-state index contributed by atoms with van der Waals surface area (Å²) in [6.45, 7) is 2.11. The first-order valence-corrected chi connectivity index (χ1v) is 15.4. The van der Waals surface area contributed by atoms with Crippen molar-refractivity contribution >= 4 is 24.0 Å². The van der Waals surface area contributed by atoms with E-state index in [0.717, 1.165) is 11.6 Å². The second-order valence-corrected chi connectivity index (χ2v) is 16.0. The average Bonchev–Trinajstić information content (AvgIpc) is 3.25. The second kappa shape index (κ2) is 6.74. The zero-order valence-electron chi connectivity index (χ0n) is 11.1. The average molecular weight is 481 g/mol. The van der Waals surface area contributed by atoms with Gasteiger partial charge in [0.25, 0.3) is 0 Å². The Morgan fingerprint density at radius 3 is 2.63 bits per heavy atom. The molecule has 1 saturated carbocycles. The minimum absolute atomic E-state index is 0.481. The van der Waals surface area contributed by atoms with Crippen molar-refractivity contribution in [3.8, 4) is 0 Å². The molecule has 0 spiro atoms. The van der Waals surface area contributed by atoms with E-state index in [0.29, 0.717) is 40.0 Å². The van der Waals surface area contributed by atoms with Crippen molar-refractivity contribution in [1.82, 2.24) is 0 Å². The Bertz CT molecular complexity index is 493. The van der Waals surface area contributed by atoms with Crippen LogP contribution in [0.2, 0.25) is 0 Å². The van der Waals surface area contributed by atoms with E-state index in [9.17, 15) is 0 Å². The summed E-state index contributed by atoms with van der Waals surface area (Å²) < 4.78 is 2.02. The summed E-state index contributed by atoms with van der Waals surface area (Å²) in [6, 6.07) is 8.84. The molecule has 2 unspecified atom stereocenters. The van der Waals surface area contributed by atoms with Crippen LogP contribution in [0.1, 0.15) is 37.7 Å². The summed E-state index contributed by atoms with van der Waals surface area (Å²) >= 11 is 1.23. The van der Waals surface area contributed by atoms with E-state index in [1.165, 1.54) is 37.7 Å². The SMILES string of the molecule is Cc1ccc(N=NC2CCCCC(C3=I[I-]3)C2)cc1. The van der Waals surface area contributed by atoms with Gasteiger partial charge in [-0.05, 0) is 0 Å². The molecule has 1 aromatic carbocycles. The summed E-state index contributed by atoms with van der Waals surface area (Å²) in [7, 11) is 0. The zero-order valence-corrected chi connectivity index (χ0v) is 15.5. The number of benzene rings is 1. The molecule has 0 saturated heterocycles. The van der Waals surface area contributed by atoms with E-state index in [1.54, 1.807) is 0 Å². The number of halogens is 2. The van der Waals surface area contributed by atoms with Gasteiger partial charge < -0.3 is 0 Å². The summed E-state index contributed by atoms with van der Waals surface area (Å²) in [6.07, 6.45) is 6.75. The zero-order chi connectivity index (χ0) is 13.1. The molecule has 0 radical (unpaired) electrons. The van der Waals surface area contributed by atoms with Crippen molar-refractivity contribution in [1.29, 1.82) is 0 Å². The Morgan fingerprint density at radius 2 is 1.89 bits per heavy atom. The van der Waals surface area contributed by atoms with Crippen LogP contribution in [0.3, 0.4) is 0 Å². The molecule has 19 heavy (non-hydrogen) atoms. The van der Waals surface area contributed by atoms with Gasteiger partial charge in [-0.1, -0.05) is 0 Å². The Hall–Kier alpha value is 0.150. The second-order valence-electron chi connectivity index (χ2n) is 5.35. The van der Waals surface area contributed by atoms with Crippen molar-refractivity contribution in [2.75, 3.05) is 0 Å². The predicted octanol–water partition coefficient (Wildman–Crippen LogP) is 2.15. The third kappa shape index (κ3) is 4.31. The molecule has 2 aliphatic rings. The fourth-order valence-electron chi connectivity index (χ4n) is 2.53. The molecular weight excluding hydrogens is 462 g/mol. The van der Waals surface area contributed by atoms with Gasteiger partial charge in [0.15, 0.2) is 0 Å². The fraction of sp³-hybridized carbons (Fsp3) is 0.533. The molecular formula is C15H19I2N2-. The van der Waals surface area contributed by atoms with Crippen LogP contribution in [-0.2, 0) is 0 Å². The molecule has 104 valence electrons. The number of nitrogens with zero attached hydrogens (tertiary/aromatic N) is 2. The van der Waals surface area contributed by atoms with Gasteiger partial charge in [0.05, 0.1) is 0 Å². The Labute approximate surface area is 131 Å². The molecule has 1 heterocycles. The first-order chi connectivity index (χ1) is 9.31. The predicted molar refractivity (Wildman–Crippen MR) is 85.1 cm³/mol. The molecule has 1 aromatic rings. The number of hydrogen-bond acceptors (Lipinski definition) is 2. The molecule has 0 bridgehead atoms. The summed E-state index contributed by atoms with van der Waals surface area (Å²) in [5, 5.41) is 9.10. The quantitative estimate of drug-likeness (QED) is 0.360. The summed E-state index contributed by atoms with van der Waals surface area (Å²) in [4.78, 5) is 0. The van der Waals surface area contributed by atoms with Crippen molar-refractivity contribution in [3.63, 3.8) is 0 Å². The van der Waals surface area contributed by atoms with Crippen LogP contribution in [0.15, 0.2) is 34.5 Å². The molecule has 0 amide bonds. The van der Waals surface area contributed by atoms with Crippen molar-refractivity contribution in [2.24, 2.45) is 16.1 Å². The fourth-order valence-corrected chi connectivity index (χ4v) is 9.71. The normalized spacial score (nSPS) is 27.9. The maximum atomic E-state index is 4.64. The van der Waals surface area contributed by atoms with Gasteiger partial charge in [-0.3, -0.25) is 0 Å². The first-order valence-electron chi connectivity index (χ1n) is 6.95.